The number of benzene rings is 1. The number of hydrogen-bond donors (Lipinski definition) is 1. The van der Waals surface area contributed by atoms with Gasteiger partial charge in [-0.1, -0.05) is 12.1 Å². The average molecular weight is 244 g/mol. The van der Waals surface area contributed by atoms with Crippen LogP contribution in [0.4, 0.5) is 0 Å². The summed E-state index contributed by atoms with van der Waals surface area (Å²) < 4.78 is 7.79. The first-order chi connectivity index (χ1) is 8.75. The van der Waals surface area contributed by atoms with Crippen molar-refractivity contribution < 1.29 is 9.84 Å². The lowest BCUT2D eigenvalue weighted by molar-refractivity contribution is 0.180. The van der Waals surface area contributed by atoms with E-state index in [1.807, 2.05) is 29.8 Å². The number of nitrogens with zero attached hydrogens (tertiary/aromatic N) is 2. The Balaban J connectivity index is 1.80. The van der Waals surface area contributed by atoms with E-state index in [1.54, 1.807) is 12.5 Å². The Bertz CT molecular complexity index is 563. The highest BCUT2D eigenvalue weighted by atomic mass is 16.5. The second-order valence-electron chi connectivity index (χ2n) is 4.66. The van der Waals surface area contributed by atoms with E-state index in [4.69, 9.17) is 4.74 Å². The quantitative estimate of drug-likeness (QED) is 0.898. The van der Waals surface area contributed by atoms with E-state index in [-0.39, 0.29) is 6.10 Å². The van der Waals surface area contributed by atoms with Crippen molar-refractivity contribution in [3.05, 3.63) is 47.5 Å². The molecule has 4 heteroatoms. The first-order valence-corrected chi connectivity index (χ1v) is 6.13. The molecule has 0 spiro atoms. The summed E-state index contributed by atoms with van der Waals surface area (Å²) in [7, 11) is 1.95. The second-order valence-corrected chi connectivity index (χ2v) is 4.66. The number of aryl methyl sites for hydroxylation is 1. The smallest absolute Gasteiger partial charge is 0.130 e. The fraction of sp³-hybridized carbons (Fsp3) is 0.357. The fourth-order valence-corrected chi connectivity index (χ4v) is 2.41. The third kappa shape index (κ3) is 1.88. The number of rotatable bonds is 3. The van der Waals surface area contributed by atoms with Crippen LogP contribution in [0.15, 0.2) is 30.7 Å². The van der Waals surface area contributed by atoms with Gasteiger partial charge in [-0.15, -0.1) is 0 Å². The number of imidazole rings is 1. The van der Waals surface area contributed by atoms with Crippen molar-refractivity contribution in [2.75, 3.05) is 0 Å². The number of fused-ring (bicyclic) bond motifs is 1. The van der Waals surface area contributed by atoms with Gasteiger partial charge in [0.15, 0.2) is 0 Å². The Morgan fingerprint density at radius 3 is 3.17 bits per heavy atom. The maximum Gasteiger partial charge on any atom is 0.130 e. The summed E-state index contributed by atoms with van der Waals surface area (Å²) in [6.07, 6.45) is 4.91. The van der Waals surface area contributed by atoms with Crippen LogP contribution >= 0.6 is 0 Å². The largest absolute Gasteiger partial charge is 0.487 e. The number of aliphatic hydroxyl groups excluding tert-OH is 1. The lowest BCUT2D eigenvalue weighted by Crippen LogP contribution is -2.02. The van der Waals surface area contributed by atoms with Gasteiger partial charge in [0.2, 0.25) is 0 Å². The first kappa shape index (κ1) is 11.3. The minimum Gasteiger partial charge on any atom is -0.487 e. The highest BCUT2D eigenvalue weighted by molar-refractivity contribution is 5.44. The summed E-state index contributed by atoms with van der Waals surface area (Å²) in [6.45, 7) is 0.503. The lowest BCUT2D eigenvalue weighted by atomic mass is 10.1. The minimum atomic E-state index is -0.333. The molecule has 1 N–H and O–H groups in total. The van der Waals surface area contributed by atoms with E-state index < -0.39 is 0 Å². The van der Waals surface area contributed by atoms with Crippen molar-refractivity contribution in [2.24, 2.45) is 7.05 Å². The third-order valence-electron chi connectivity index (χ3n) is 3.49. The normalized spacial score (nSPS) is 17.8. The molecule has 0 amide bonds. The molecule has 0 bridgehead atoms. The van der Waals surface area contributed by atoms with Gasteiger partial charge >= 0.3 is 0 Å². The van der Waals surface area contributed by atoms with Crippen LogP contribution in [-0.4, -0.2) is 14.7 Å². The first-order valence-electron chi connectivity index (χ1n) is 6.13. The predicted octanol–water partition coefficient (Wildman–Crippen LogP) is 1.98. The molecule has 1 aromatic carbocycles. The van der Waals surface area contributed by atoms with Gasteiger partial charge in [0.1, 0.15) is 12.4 Å². The van der Waals surface area contributed by atoms with E-state index in [2.05, 4.69) is 4.98 Å². The summed E-state index contributed by atoms with van der Waals surface area (Å²) in [5.41, 5.74) is 3.19. The van der Waals surface area contributed by atoms with Gasteiger partial charge in [-0.05, 0) is 24.5 Å². The van der Waals surface area contributed by atoms with Gasteiger partial charge < -0.3 is 14.4 Å². The molecule has 4 nitrogen and oxygen atoms in total. The van der Waals surface area contributed by atoms with E-state index >= 15 is 0 Å². The Kier molecular flexibility index (Phi) is 2.80. The van der Waals surface area contributed by atoms with E-state index in [0.717, 1.165) is 35.4 Å². The van der Waals surface area contributed by atoms with Crippen molar-refractivity contribution in [3.63, 3.8) is 0 Å². The van der Waals surface area contributed by atoms with Crippen LogP contribution in [0.1, 0.15) is 29.3 Å². The molecule has 0 radical (unpaired) electrons. The van der Waals surface area contributed by atoms with E-state index in [0.29, 0.717) is 6.61 Å². The van der Waals surface area contributed by atoms with Crippen LogP contribution < -0.4 is 4.74 Å². The Labute approximate surface area is 106 Å². The Hall–Kier alpha value is -1.81. The molecule has 0 saturated carbocycles. The maximum absolute atomic E-state index is 9.83. The zero-order valence-electron chi connectivity index (χ0n) is 10.3. The highest BCUT2D eigenvalue weighted by Gasteiger charge is 2.23. The van der Waals surface area contributed by atoms with Gasteiger partial charge in [0.05, 0.1) is 24.3 Å². The summed E-state index contributed by atoms with van der Waals surface area (Å²) in [4.78, 5) is 4.06. The number of ether oxygens (including phenoxy) is 1. The molecule has 3 rings (SSSR count). The fourth-order valence-electron chi connectivity index (χ4n) is 2.41. The molecule has 18 heavy (non-hydrogen) atoms. The van der Waals surface area contributed by atoms with Crippen LogP contribution in [0.2, 0.25) is 0 Å². The molecule has 1 heterocycles. The van der Waals surface area contributed by atoms with E-state index in [9.17, 15) is 5.11 Å². The Morgan fingerprint density at radius 2 is 2.39 bits per heavy atom. The van der Waals surface area contributed by atoms with Crippen molar-refractivity contribution in [3.8, 4) is 5.75 Å². The van der Waals surface area contributed by atoms with Crippen LogP contribution in [0.5, 0.6) is 5.75 Å². The summed E-state index contributed by atoms with van der Waals surface area (Å²) in [6, 6.07) is 5.88. The monoisotopic (exact) mass is 244 g/mol. The number of aliphatic hydroxyl groups is 1. The standard InChI is InChI=1S/C14H16N2O2/c1-16-9-15-7-10(16)8-18-14-4-2-3-11-12(14)5-6-13(11)17/h2-4,7,9,13,17H,5-6,8H2,1H3. The summed E-state index contributed by atoms with van der Waals surface area (Å²) in [5.74, 6) is 0.880. The summed E-state index contributed by atoms with van der Waals surface area (Å²) in [5, 5.41) is 9.83. The Morgan fingerprint density at radius 1 is 1.50 bits per heavy atom. The topological polar surface area (TPSA) is 47.3 Å². The SMILES string of the molecule is Cn1cncc1COc1cccc2c1CCC2O. The zero-order valence-corrected chi connectivity index (χ0v) is 10.3. The van der Waals surface area contributed by atoms with Crippen LogP contribution in [0.3, 0.4) is 0 Å². The van der Waals surface area contributed by atoms with Crippen molar-refractivity contribution >= 4 is 0 Å². The van der Waals surface area contributed by atoms with Crippen molar-refractivity contribution in [1.29, 1.82) is 0 Å². The maximum atomic E-state index is 9.83. The van der Waals surface area contributed by atoms with Gasteiger partial charge in [-0.2, -0.15) is 0 Å². The molecule has 0 saturated heterocycles. The molecule has 1 unspecified atom stereocenters. The summed E-state index contributed by atoms with van der Waals surface area (Å²) >= 11 is 0. The number of hydrogen-bond acceptors (Lipinski definition) is 3. The molecule has 1 aromatic heterocycles. The van der Waals surface area contributed by atoms with Crippen LogP contribution in [0.25, 0.3) is 0 Å². The number of aromatic nitrogens is 2. The lowest BCUT2D eigenvalue weighted by Gasteiger charge is -2.11. The minimum absolute atomic E-state index is 0.333. The molecule has 2 aromatic rings. The molecular weight excluding hydrogens is 228 g/mol. The van der Waals surface area contributed by atoms with Crippen LogP contribution in [-0.2, 0) is 20.1 Å². The second kappa shape index (κ2) is 4.46. The van der Waals surface area contributed by atoms with Gasteiger partial charge in [-0.25, -0.2) is 4.98 Å². The molecule has 1 aliphatic carbocycles. The van der Waals surface area contributed by atoms with E-state index in [1.165, 1.54) is 0 Å². The predicted molar refractivity (Wildman–Crippen MR) is 67.3 cm³/mol. The van der Waals surface area contributed by atoms with Gasteiger partial charge in [0, 0.05) is 12.6 Å². The highest BCUT2D eigenvalue weighted by Crippen LogP contribution is 2.36. The van der Waals surface area contributed by atoms with Gasteiger partial charge in [0.25, 0.3) is 0 Å². The third-order valence-corrected chi connectivity index (χ3v) is 3.49. The molecule has 0 aliphatic heterocycles. The van der Waals surface area contributed by atoms with Gasteiger partial charge in [-0.3, -0.25) is 0 Å². The molecule has 0 fully saturated rings. The van der Waals surface area contributed by atoms with Crippen LogP contribution in [0, 0.1) is 0 Å². The molecule has 94 valence electrons. The zero-order chi connectivity index (χ0) is 12.5. The average Bonchev–Trinajstić information content (AvgIpc) is 2.95. The van der Waals surface area contributed by atoms with Crippen molar-refractivity contribution in [1.82, 2.24) is 9.55 Å². The molecule has 1 atom stereocenters. The molecular formula is C14H16N2O2. The molecule has 1 aliphatic rings. The van der Waals surface area contributed by atoms with Crippen molar-refractivity contribution in [2.45, 2.75) is 25.6 Å².